The zero-order valence-electron chi connectivity index (χ0n) is 18.0. The van der Waals surface area contributed by atoms with E-state index in [1.54, 1.807) is 13.1 Å². The van der Waals surface area contributed by atoms with E-state index in [0.717, 1.165) is 28.0 Å². The lowest BCUT2D eigenvalue weighted by Gasteiger charge is -2.19. The van der Waals surface area contributed by atoms with Crippen molar-refractivity contribution < 1.29 is 23.7 Å². The van der Waals surface area contributed by atoms with E-state index in [1.807, 2.05) is 50.3 Å². The number of aromatic hydroxyl groups is 1. The Balaban J connectivity index is 1.90. The lowest BCUT2D eigenvalue weighted by molar-refractivity contribution is 0.190. The van der Waals surface area contributed by atoms with Crippen molar-refractivity contribution >= 4 is 21.5 Å². The Morgan fingerprint density at radius 3 is 2.48 bits per heavy atom. The van der Waals surface area contributed by atoms with Crippen LogP contribution in [-0.2, 0) is 9.84 Å². The minimum atomic E-state index is -3.47. The number of allylic oxidation sites excluding steroid dienone is 1. The SMILES string of the molecule is CC1=C([C@H](O)CC/C(=C/c2cc(C)c(O)c(C)c2)c2ccccn2)[C@H](CO)S(=O)(=O)C1. The van der Waals surface area contributed by atoms with Gasteiger partial charge < -0.3 is 15.3 Å². The van der Waals surface area contributed by atoms with Crippen LogP contribution in [0.15, 0.2) is 47.7 Å². The Labute approximate surface area is 183 Å². The molecule has 0 saturated heterocycles. The van der Waals surface area contributed by atoms with Gasteiger partial charge in [-0.05, 0) is 91.8 Å². The van der Waals surface area contributed by atoms with Gasteiger partial charge in [0, 0.05) is 6.20 Å². The monoisotopic (exact) mass is 443 g/mol. The summed E-state index contributed by atoms with van der Waals surface area (Å²) in [6.45, 7) is 4.85. The number of phenolic OH excluding ortho intramolecular Hbond substituents is 1. The van der Waals surface area contributed by atoms with E-state index in [4.69, 9.17) is 0 Å². The number of hydrogen-bond donors (Lipinski definition) is 3. The molecule has 2 heterocycles. The fourth-order valence-electron chi connectivity index (χ4n) is 4.21. The standard InChI is InChI=1S/C24H29NO5S/c1-15-10-18(11-16(2)24(15)28)12-19(20-6-4-5-9-25-20)7-8-21(27)23-17(3)14-31(29,30)22(23)13-26/h4-6,9-12,21-22,26-28H,7-8,13-14H2,1-3H3/b19-12-/t21-,22+/m1/s1. The fraction of sp³-hybridized carbons (Fsp3) is 0.375. The molecular formula is C24H29NO5S. The van der Waals surface area contributed by atoms with Crippen molar-refractivity contribution in [1.82, 2.24) is 4.98 Å². The molecule has 166 valence electrons. The van der Waals surface area contributed by atoms with Gasteiger partial charge in [0.25, 0.3) is 0 Å². The van der Waals surface area contributed by atoms with E-state index in [9.17, 15) is 23.7 Å². The number of hydrogen-bond acceptors (Lipinski definition) is 6. The molecule has 0 aliphatic carbocycles. The quantitative estimate of drug-likeness (QED) is 0.567. The first-order valence-electron chi connectivity index (χ1n) is 10.3. The molecule has 0 saturated carbocycles. The molecule has 0 amide bonds. The van der Waals surface area contributed by atoms with E-state index < -0.39 is 27.8 Å². The number of aliphatic hydroxyl groups excluding tert-OH is 2. The Kier molecular flexibility index (Phi) is 6.99. The molecule has 0 radical (unpaired) electrons. The van der Waals surface area contributed by atoms with Crippen LogP contribution in [0.3, 0.4) is 0 Å². The number of benzene rings is 1. The van der Waals surface area contributed by atoms with Gasteiger partial charge in [0.05, 0.1) is 24.2 Å². The lowest BCUT2D eigenvalue weighted by Crippen LogP contribution is -2.29. The van der Waals surface area contributed by atoms with Crippen LogP contribution < -0.4 is 0 Å². The van der Waals surface area contributed by atoms with Gasteiger partial charge >= 0.3 is 0 Å². The van der Waals surface area contributed by atoms with Crippen molar-refractivity contribution in [1.29, 1.82) is 0 Å². The van der Waals surface area contributed by atoms with E-state index in [2.05, 4.69) is 4.98 Å². The summed E-state index contributed by atoms with van der Waals surface area (Å²) in [6.07, 6.45) is 3.48. The zero-order chi connectivity index (χ0) is 22.8. The first-order valence-corrected chi connectivity index (χ1v) is 12.0. The summed E-state index contributed by atoms with van der Waals surface area (Å²) in [5.74, 6) is 0.145. The van der Waals surface area contributed by atoms with Gasteiger partial charge in [-0.25, -0.2) is 8.42 Å². The van der Waals surface area contributed by atoms with Crippen molar-refractivity contribution in [2.75, 3.05) is 12.4 Å². The maximum Gasteiger partial charge on any atom is 0.163 e. The second-order valence-corrected chi connectivity index (χ2v) is 10.3. The second-order valence-electron chi connectivity index (χ2n) is 8.16. The highest BCUT2D eigenvalue weighted by Gasteiger charge is 2.39. The molecule has 0 fully saturated rings. The van der Waals surface area contributed by atoms with Crippen molar-refractivity contribution in [2.24, 2.45) is 0 Å². The van der Waals surface area contributed by atoms with Crippen LogP contribution >= 0.6 is 0 Å². The summed E-state index contributed by atoms with van der Waals surface area (Å²) in [5.41, 5.74) is 5.14. The highest BCUT2D eigenvalue weighted by molar-refractivity contribution is 7.92. The van der Waals surface area contributed by atoms with Crippen molar-refractivity contribution in [2.45, 2.75) is 45.0 Å². The molecule has 31 heavy (non-hydrogen) atoms. The Morgan fingerprint density at radius 1 is 1.23 bits per heavy atom. The number of sulfone groups is 1. The molecule has 1 aliphatic heterocycles. The number of aliphatic hydroxyl groups is 2. The maximum atomic E-state index is 12.3. The summed E-state index contributed by atoms with van der Waals surface area (Å²) in [4.78, 5) is 4.44. The minimum absolute atomic E-state index is 0.125. The highest BCUT2D eigenvalue weighted by atomic mass is 32.2. The smallest absolute Gasteiger partial charge is 0.163 e. The van der Waals surface area contributed by atoms with Crippen LogP contribution in [0.1, 0.15) is 42.1 Å². The molecule has 0 bridgehead atoms. The lowest BCUT2D eigenvalue weighted by atomic mass is 9.93. The number of pyridine rings is 1. The number of rotatable bonds is 7. The molecule has 0 spiro atoms. The molecule has 1 aliphatic rings. The topological polar surface area (TPSA) is 108 Å². The summed E-state index contributed by atoms with van der Waals surface area (Å²) >= 11 is 0. The number of phenols is 1. The number of nitrogens with zero attached hydrogens (tertiary/aromatic N) is 1. The average Bonchev–Trinajstić information content (AvgIpc) is 2.96. The van der Waals surface area contributed by atoms with Crippen LogP contribution in [0.2, 0.25) is 0 Å². The molecule has 3 rings (SSSR count). The third-order valence-corrected chi connectivity index (χ3v) is 7.86. The Morgan fingerprint density at radius 2 is 1.90 bits per heavy atom. The average molecular weight is 444 g/mol. The van der Waals surface area contributed by atoms with E-state index in [1.165, 1.54) is 0 Å². The Hall–Kier alpha value is -2.48. The van der Waals surface area contributed by atoms with Crippen molar-refractivity contribution in [3.05, 3.63) is 70.1 Å². The van der Waals surface area contributed by atoms with Gasteiger partial charge in [0.15, 0.2) is 9.84 Å². The van der Waals surface area contributed by atoms with Crippen LogP contribution in [0.25, 0.3) is 11.6 Å². The molecule has 2 atom stereocenters. The van der Waals surface area contributed by atoms with Gasteiger partial charge in [0.2, 0.25) is 0 Å². The maximum absolute atomic E-state index is 12.3. The first-order chi connectivity index (χ1) is 14.6. The molecule has 2 aromatic rings. The van der Waals surface area contributed by atoms with Crippen molar-refractivity contribution in [3.8, 4) is 5.75 Å². The molecule has 6 nitrogen and oxygen atoms in total. The van der Waals surface area contributed by atoms with Gasteiger partial charge in [-0.3, -0.25) is 4.98 Å². The largest absolute Gasteiger partial charge is 0.507 e. The highest BCUT2D eigenvalue weighted by Crippen LogP contribution is 2.33. The first kappa shape index (κ1) is 23.2. The minimum Gasteiger partial charge on any atom is -0.507 e. The van der Waals surface area contributed by atoms with Crippen LogP contribution in [0.4, 0.5) is 0 Å². The van der Waals surface area contributed by atoms with Crippen LogP contribution in [0.5, 0.6) is 5.75 Å². The normalized spacial score (nSPS) is 19.6. The van der Waals surface area contributed by atoms with Gasteiger partial charge in [-0.15, -0.1) is 0 Å². The number of aryl methyl sites for hydroxylation is 2. The molecular weight excluding hydrogens is 414 g/mol. The third kappa shape index (κ3) is 5.06. The molecule has 1 aromatic carbocycles. The van der Waals surface area contributed by atoms with E-state index in [0.29, 0.717) is 24.0 Å². The van der Waals surface area contributed by atoms with E-state index in [-0.39, 0.29) is 11.5 Å². The third-order valence-electron chi connectivity index (χ3n) is 5.75. The summed E-state index contributed by atoms with van der Waals surface area (Å²) in [7, 11) is -3.47. The summed E-state index contributed by atoms with van der Waals surface area (Å²) < 4.78 is 24.5. The van der Waals surface area contributed by atoms with Crippen molar-refractivity contribution in [3.63, 3.8) is 0 Å². The van der Waals surface area contributed by atoms with Gasteiger partial charge in [0.1, 0.15) is 11.0 Å². The van der Waals surface area contributed by atoms with Crippen LogP contribution in [-0.4, -0.2) is 52.4 Å². The summed E-state index contributed by atoms with van der Waals surface area (Å²) in [6, 6.07) is 9.38. The van der Waals surface area contributed by atoms with Gasteiger partial charge in [-0.2, -0.15) is 0 Å². The fourth-order valence-corrected chi connectivity index (χ4v) is 6.16. The zero-order valence-corrected chi connectivity index (χ0v) is 18.9. The van der Waals surface area contributed by atoms with Gasteiger partial charge in [-0.1, -0.05) is 11.6 Å². The van der Waals surface area contributed by atoms with E-state index >= 15 is 0 Å². The van der Waals surface area contributed by atoms with Crippen LogP contribution in [0, 0.1) is 13.8 Å². The molecule has 0 unspecified atom stereocenters. The molecule has 7 heteroatoms. The molecule has 3 N–H and O–H groups in total. The Bertz CT molecular complexity index is 1100. The second kappa shape index (κ2) is 9.34. The molecule has 1 aromatic heterocycles. The number of aromatic nitrogens is 1. The summed E-state index contributed by atoms with van der Waals surface area (Å²) in [5, 5.41) is 29.4. The predicted octanol–water partition coefficient (Wildman–Crippen LogP) is 3.19. The predicted molar refractivity (Wildman–Crippen MR) is 122 cm³/mol.